The summed E-state index contributed by atoms with van der Waals surface area (Å²) in [5, 5.41) is 19.6. The second-order valence-electron chi connectivity index (χ2n) is 15.4. The molecule has 9 rings (SSSR count). The first-order chi connectivity index (χ1) is 28.9. The second-order valence-corrected chi connectivity index (χ2v) is 17.5. The number of nitrogens with zero attached hydrogens (tertiary/aromatic N) is 8. The maximum Gasteiger partial charge on any atom is 0.293 e. The highest BCUT2D eigenvalue weighted by atomic mass is 35.5. The fourth-order valence-electron chi connectivity index (χ4n) is 8.49. The summed E-state index contributed by atoms with van der Waals surface area (Å²) >= 11 is 6.68. The molecule has 4 heterocycles. The highest BCUT2D eigenvalue weighted by Gasteiger charge is 2.67. The van der Waals surface area contributed by atoms with E-state index in [1.807, 2.05) is 19.1 Å². The van der Waals surface area contributed by atoms with Crippen LogP contribution in [-0.4, -0.2) is 62.2 Å². The number of carbonyl (C=O) groups excluding carboxylic acids is 1. The number of aryl methyl sites for hydroxylation is 2. The zero-order valence-corrected chi connectivity index (χ0v) is 33.8. The van der Waals surface area contributed by atoms with Crippen LogP contribution >= 0.6 is 11.6 Å². The molecule has 0 unspecified atom stereocenters. The van der Waals surface area contributed by atoms with Crippen LogP contribution in [-0.2, 0) is 47.3 Å². The molecule has 3 aliphatic rings. The van der Waals surface area contributed by atoms with Gasteiger partial charge in [0.1, 0.15) is 35.4 Å². The van der Waals surface area contributed by atoms with Crippen molar-refractivity contribution in [2.45, 2.75) is 57.2 Å². The first kappa shape index (κ1) is 40.4. The third kappa shape index (κ3) is 7.24. The SMILES string of the molecule is Cc1ccnnc1-c1ccc2c(c1)N=C([C@H](Cc1cc(F)cc(F)c1)NC(=O)Cn1nc(C(F)F)c3c1C(F)(F)[C@@H]1C[C@H]31)N(c1ccc(Cl)c3c(NS(C)(=O)=O)nn(C)c13)C2. The summed E-state index contributed by atoms with van der Waals surface area (Å²) in [6, 6.07) is 11.8. The van der Waals surface area contributed by atoms with Crippen LogP contribution in [0.2, 0.25) is 5.02 Å². The Morgan fingerprint density at radius 1 is 1.05 bits per heavy atom. The number of carbonyl (C=O) groups is 1. The van der Waals surface area contributed by atoms with Gasteiger partial charge < -0.3 is 10.2 Å². The molecule has 1 aliphatic heterocycles. The molecule has 3 atom stereocenters. The van der Waals surface area contributed by atoms with Crippen molar-refractivity contribution in [2.24, 2.45) is 18.0 Å². The number of anilines is 2. The van der Waals surface area contributed by atoms with Gasteiger partial charge in [-0.05, 0) is 72.4 Å². The quantitative estimate of drug-likeness (QED) is 0.127. The van der Waals surface area contributed by atoms with Gasteiger partial charge in [0.25, 0.3) is 12.3 Å². The topological polar surface area (TPSA) is 152 Å². The maximum absolute atomic E-state index is 15.5. The third-order valence-corrected chi connectivity index (χ3v) is 12.0. The molecule has 2 aliphatic carbocycles. The summed E-state index contributed by atoms with van der Waals surface area (Å²) in [6.07, 6.45) is -0.949. The Kier molecular flexibility index (Phi) is 9.65. The van der Waals surface area contributed by atoms with Crippen molar-refractivity contribution < 1.29 is 39.6 Å². The summed E-state index contributed by atoms with van der Waals surface area (Å²) in [5.41, 5.74) is 2.09. The van der Waals surface area contributed by atoms with Crippen LogP contribution in [0.1, 0.15) is 52.4 Å². The third-order valence-electron chi connectivity index (χ3n) is 11.1. The molecule has 0 saturated heterocycles. The lowest BCUT2D eigenvalue weighted by Crippen LogP contribution is -2.51. The predicted octanol–water partition coefficient (Wildman–Crippen LogP) is 7.46. The lowest BCUT2D eigenvalue weighted by atomic mass is 9.98. The van der Waals surface area contributed by atoms with Crippen molar-refractivity contribution in [2.75, 3.05) is 15.9 Å². The van der Waals surface area contributed by atoms with Gasteiger partial charge in [0, 0.05) is 42.8 Å². The van der Waals surface area contributed by atoms with Gasteiger partial charge in [-0.1, -0.05) is 23.7 Å². The molecule has 3 aromatic carbocycles. The van der Waals surface area contributed by atoms with Crippen LogP contribution in [0.3, 0.4) is 0 Å². The average molecular weight is 883 g/mol. The molecular weight excluding hydrogens is 850 g/mol. The second kappa shape index (κ2) is 14.6. The summed E-state index contributed by atoms with van der Waals surface area (Å²) in [4.78, 5) is 20.9. The molecule has 1 amide bonds. The van der Waals surface area contributed by atoms with E-state index in [1.54, 1.807) is 36.3 Å². The fraction of sp³-hybridized carbons (Fsp3) is 0.300. The van der Waals surface area contributed by atoms with Crippen molar-refractivity contribution in [1.82, 2.24) is 35.1 Å². The van der Waals surface area contributed by atoms with E-state index in [4.69, 9.17) is 16.6 Å². The molecule has 0 bridgehead atoms. The first-order valence-electron chi connectivity index (χ1n) is 18.8. The molecule has 0 spiro atoms. The van der Waals surface area contributed by atoms with Crippen molar-refractivity contribution in [1.29, 1.82) is 0 Å². The molecule has 2 N–H and O–H groups in total. The number of hydrogen-bond acceptors (Lipinski definition) is 9. The largest absolute Gasteiger partial charge is 0.344 e. The molecule has 0 radical (unpaired) electrons. The molecular formula is C40H33ClF6N10O3S. The minimum Gasteiger partial charge on any atom is -0.344 e. The van der Waals surface area contributed by atoms with Crippen molar-refractivity contribution in [3.63, 3.8) is 0 Å². The molecule has 316 valence electrons. The van der Waals surface area contributed by atoms with E-state index in [-0.39, 0.29) is 52.6 Å². The highest BCUT2D eigenvalue weighted by Crippen LogP contribution is 2.68. The first-order valence-corrected chi connectivity index (χ1v) is 21.1. The van der Waals surface area contributed by atoms with Gasteiger partial charge in [0.15, 0.2) is 5.82 Å². The average Bonchev–Trinajstić information content (AvgIpc) is 3.72. The fourth-order valence-corrected chi connectivity index (χ4v) is 9.22. The van der Waals surface area contributed by atoms with Crippen LogP contribution in [0.25, 0.3) is 22.2 Å². The van der Waals surface area contributed by atoms with E-state index < -0.39 is 75.7 Å². The molecule has 1 fully saturated rings. The smallest absolute Gasteiger partial charge is 0.293 e. The van der Waals surface area contributed by atoms with Crippen LogP contribution in [0.5, 0.6) is 0 Å². The van der Waals surface area contributed by atoms with Crippen molar-refractivity contribution >= 4 is 61.5 Å². The molecule has 13 nitrogen and oxygen atoms in total. The number of sulfonamides is 1. The zero-order valence-electron chi connectivity index (χ0n) is 32.3. The normalized spacial score (nSPS) is 18.1. The summed E-state index contributed by atoms with van der Waals surface area (Å²) in [6.45, 7) is 1.01. The Balaban J connectivity index is 1.20. The van der Waals surface area contributed by atoms with Crippen LogP contribution in [0.4, 0.5) is 43.5 Å². The number of amidine groups is 1. The number of benzene rings is 3. The van der Waals surface area contributed by atoms with Crippen molar-refractivity contribution in [3.05, 3.63) is 111 Å². The lowest BCUT2D eigenvalue weighted by molar-refractivity contribution is -0.122. The number of halogens is 7. The molecule has 21 heteroatoms. The van der Waals surface area contributed by atoms with Gasteiger partial charge in [-0.15, -0.1) is 0 Å². The molecule has 1 saturated carbocycles. The van der Waals surface area contributed by atoms with E-state index >= 15 is 8.78 Å². The maximum atomic E-state index is 15.5. The molecule has 61 heavy (non-hydrogen) atoms. The lowest BCUT2D eigenvalue weighted by Gasteiger charge is -2.36. The number of amides is 1. The Labute approximate surface area is 348 Å². The summed E-state index contributed by atoms with van der Waals surface area (Å²) < 4.78 is 118. The number of aromatic nitrogens is 6. The van der Waals surface area contributed by atoms with Gasteiger partial charge >= 0.3 is 0 Å². The Morgan fingerprint density at radius 3 is 2.51 bits per heavy atom. The standard InChI is InChI=1S/C40H33ClF6N10O3S/c1-18-8-9-48-51-33(18)20-4-5-21-16-56(29-7-6-26(41)32-35(29)55(2)53-38(32)54-61(3,59)60)39(50-27(21)13-20)28(12-19-10-22(42)14-23(43)11-19)49-30(58)17-57-36-31(34(52-57)37(44)45)24-15-25(24)40(36,46)47/h4-11,13-14,24-25,28,37H,12,15-17H2,1-3H3,(H,49,58)(H,53,54)/t24-,25+,28-/m0/s1. The van der Waals surface area contributed by atoms with E-state index in [0.29, 0.717) is 44.5 Å². The van der Waals surface area contributed by atoms with Gasteiger partial charge in [0.05, 0.1) is 51.8 Å². The summed E-state index contributed by atoms with van der Waals surface area (Å²) in [7, 11) is -2.28. The monoisotopic (exact) mass is 882 g/mol. The van der Waals surface area contributed by atoms with Gasteiger partial charge in [-0.3, -0.25) is 18.9 Å². The summed E-state index contributed by atoms with van der Waals surface area (Å²) in [5.74, 6) is -8.21. The Bertz CT molecular complexity index is 2940. The number of hydrogen-bond donors (Lipinski definition) is 2. The van der Waals surface area contributed by atoms with Gasteiger partial charge in [-0.2, -0.15) is 29.2 Å². The van der Waals surface area contributed by atoms with Crippen molar-refractivity contribution in [3.8, 4) is 11.3 Å². The Hall–Kier alpha value is -6.02. The minimum atomic E-state index is -3.84. The van der Waals surface area contributed by atoms with E-state index in [0.717, 1.165) is 24.0 Å². The number of aliphatic imine (C=N–C) groups is 1. The van der Waals surface area contributed by atoms with Crippen LogP contribution in [0, 0.1) is 24.5 Å². The van der Waals surface area contributed by atoms with E-state index in [2.05, 4.69) is 30.4 Å². The highest BCUT2D eigenvalue weighted by molar-refractivity contribution is 7.92. The van der Waals surface area contributed by atoms with E-state index in [1.165, 1.54) is 10.7 Å². The van der Waals surface area contributed by atoms with Crippen LogP contribution < -0.4 is 14.9 Å². The number of nitrogens with one attached hydrogen (secondary N) is 2. The predicted molar refractivity (Wildman–Crippen MR) is 214 cm³/mol. The zero-order chi connectivity index (χ0) is 43.3. The van der Waals surface area contributed by atoms with Crippen LogP contribution in [0.15, 0.2) is 65.8 Å². The minimum absolute atomic E-state index is 0.0274. The van der Waals surface area contributed by atoms with Gasteiger partial charge in [-0.25, -0.2) is 31.0 Å². The number of fused-ring (bicyclic) bond motifs is 5. The van der Waals surface area contributed by atoms with E-state index in [9.17, 15) is 30.8 Å². The molecule has 6 aromatic rings. The number of rotatable bonds is 11. The number of alkyl halides is 4. The Morgan fingerprint density at radius 2 is 1.80 bits per heavy atom. The molecule has 3 aromatic heterocycles. The van der Waals surface area contributed by atoms with Gasteiger partial charge in [0.2, 0.25) is 15.9 Å².